The van der Waals surface area contributed by atoms with E-state index in [0.717, 1.165) is 12.0 Å². The lowest BCUT2D eigenvalue weighted by molar-refractivity contribution is -0.115. The van der Waals surface area contributed by atoms with Crippen LogP contribution in [0, 0.1) is 0 Å². The van der Waals surface area contributed by atoms with Gasteiger partial charge in [-0.2, -0.15) is 0 Å². The van der Waals surface area contributed by atoms with Gasteiger partial charge in [-0.1, -0.05) is 25.1 Å². The first-order chi connectivity index (χ1) is 12.4. The summed E-state index contributed by atoms with van der Waals surface area (Å²) in [7, 11) is -3.85. The van der Waals surface area contributed by atoms with E-state index in [4.69, 9.17) is 0 Å². The number of carbonyl (C=O) groups excluding carboxylic acids is 2. The molecule has 0 atom stereocenters. The molecule has 0 fully saturated rings. The second-order valence-corrected chi connectivity index (χ2v) is 7.69. The Balaban J connectivity index is 1.66. The minimum atomic E-state index is -3.85. The van der Waals surface area contributed by atoms with Crippen molar-refractivity contribution < 1.29 is 18.0 Å². The molecule has 0 unspecified atom stereocenters. The fraction of sp³-hybridized carbons (Fsp3) is 0.222. The summed E-state index contributed by atoms with van der Waals surface area (Å²) in [6.45, 7) is 1.59. The fourth-order valence-corrected chi connectivity index (χ4v) is 3.79. The number of fused-ring (bicyclic) bond motifs is 1. The number of benzene rings is 2. The Morgan fingerprint density at radius 1 is 1.19 bits per heavy atom. The lowest BCUT2D eigenvalue weighted by Crippen LogP contribution is -2.33. The standard InChI is InChI=1S/C18H19N3O4S/c1-2-12-5-3-4-6-15(12)21-18(23)11-19-26(24,25)14-7-8-16-13(9-14)10-17(22)20-16/h3-9,19H,2,10-11H2,1H3,(H,20,22)(H,21,23). The normalized spacial score (nSPS) is 13.2. The molecule has 2 aromatic carbocycles. The van der Waals surface area contributed by atoms with Gasteiger partial charge in [-0.05, 0) is 41.8 Å². The summed E-state index contributed by atoms with van der Waals surface area (Å²) in [4.78, 5) is 23.5. The van der Waals surface area contributed by atoms with Crippen LogP contribution in [0.5, 0.6) is 0 Å². The van der Waals surface area contributed by atoms with Crippen molar-refractivity contribution in [1.82, 2.24) is 4.72 Å². The highest BCUT2D eigenvalue weighted by atomic mass is 32.2. The highest BCUT2D eigenvalue weighted by Gasteiger charge is 2.22. The number of aryl methyl sites for hydroxylation is 1. The molecule has 1 aliphatic rings. The average molecular weight is 373 g/mol. The van der Waals surface area contributed by atoms with Crippen LogP contribution >= 0.6 is 0 Å². The lowest BCUT2D eigenvalue weighted by Gasteiger charge is -2.11. The molecule has 3 rings (SSSR count). The number of anilines is 2. The Bertz CT molecular complexity index is 970. The topological polar surface area (TPSA) is 104 Å². The van der Waals surface area contributed by atoms with E-state index in [2.05, 4.69) is 15.4 Å². The molecule has 0 radical (unpaired) electrons. The Morgan fingerprint density at radius 3 is 2.73 bits per heavy atom. The number of nitrogens with one attached hydrogen (secondary N) is 3. The van der Waals surface area contributed by atoms with E-state index in [1.165, 1.54) is 12.1 Å². The Hall–Kier alpha value is -2.71. The second-order valence-electron chi connectivity index (χ2n) is 5.93. The van der Waals surface area contributed by atoms with Crippen molar-refractivity contribution in [1.29, 1.82) is 0 Å². The molecule has 1 heterocycles. The molecule has 0 bridgehead atoms. The zero-order valence-corrected chi connectivity index (χ0v) is 15.0. The van der Waals surface area contributed by atoms with E-state index in [9.17, 15) is 18.0 Å². The zero-order valence-electron chi connectivity index (χ0n) is 14.2. The number of rotatable bonds is 6. The highest BCUT2D eigenvalue weighted by Crippen LogP contribution is 2.25. The molecule has 0 saturated heterocycles. The van der Waals surface area contributed by atoms with E-state index in [0.29, 0.717) is 16.9 Å². The Labute approximate surface area is 151 Å². The third kappa shape index (κ3) is 3.92. The summed E-state index contributed by atoms with van der Waals surface area (Å²) in [5.74, 6) is -0.621. The van der Waals surface area contributed by atoms with Crippen LogP contribution in [0.3, 0.4) is 0 Å². The predicted molar refractivity (Wildman–Crippen MR) is 98.4 cm³/mol. The van der Waals surface area contributed by atoms with Crippen molar-refractivity contribution in [3.05, 3.63) is 53.6 Å². The first kappa shape index (κ1) is 18.1. The number of carbonyl (C=O) groups is 2. The van der Waals surface area contributed by atoms with Crippen LogP contribution in [-0.2, 0) is 32.5 Å². The van der Waals surface area contributed by atoms with Gasteiger partial charge in [0, 0.05) is 11.4 Å². The molecule has 1 aliphatic heterocycles. The molecule has 0 aromatic heterocycles. The van der Waals surface area contributed by atoms with Crippen LogP contribution in [0.15, 0.2) is 47.4 Å². The summed E-state index contributed by atoms with van der Waals surface area (Å²) in [6.07, 6.45) is 0.900. The molecule has 0 aliphatic carbocycles. The summed E-state index contributed by atoms with van der Waals surface area (Å²) in [5, 5.41) is 5.36. The van der Waals surface area contributed by atoms with Gasteiger partial charge in [-0.15, -0.1) is 0 Å². The molecule has 3 N–H and O–H groups in total. The summed E-state index contributed by atoms with van der Waals surface area (Å²) >= 11 is 0. The van der Waals surface area contributed by atoms with Crippen LogP contribution in [0.2, 0.25) is 0 Å². The van der Waals surface area contributed by atoms with Gasteiger partial charge in [-0.25, -0.2) is 13.1 Å². The van der Waals surface area contributed by atoms with Crippen molar-refractivity contribution in [3.8, 4) is 0 Å². The number of amides is 2. The van der Waals surface area contributed by atoms with Crippen molar-refractivity contribution in [2.75, 3.05) is 17.2 Å². The molecule has 26 heavy (non-hydrogen) atoms. The maximum absolute atomic E-state index is 12.4. The van der Waals surface area contributed by atoms with E-state index < -0.39 is 15.9 Å². The monoisotopic (exact) mass is 373 g/mol. The van der Waals surface area contributed by atoms with Gasteiger partial charge >= 0.3 is 0 Å². The molecule has 136 valence electrons. The summed E-state index contributed by atoms with van der Waals surface area (Å²) in [6, 6.07) is 11.8. The van der Waals surface area contributed by atoms with Crippen molar-refractivity contribution in [2.24, 2.45) is 0 Å². The number of para-hydroxylation sites is 1. The SMILES string of the molecule is CCc1ccccc1NC(=O)CNS(=O)(=O)c1ccc2c(c1)CC(=O)N2. The van der Waals surface area contributed by atoms with Crippen molar-refractivity contribution >= 4 is 33.2 Å². The smallest absolute Gasteiger partial charge is 0.241 e. The maximum Gasteiger partial charge on any atom is 0.241 e. The molecule has 2 amide bonds. The van der Waals surface area contributed by atoms with Gasteiger partial charge in [0.2, 0.25) is 21.8 Å². The first-order valence-electron chi connectivity index (χ1n) is 8.19. The summed E-state index contributed by atoms with van der Waals surface area (Å²) < 4.78 is 27.1. The van der Waals surface area contributed by atoms with E-state index in [1.54, 1.807) is 18.2 Å². The van der Waals surface area contributed by atoms with Gasteiger partial charge < -0.3 is 10.6 Å². The van der Waals surface area contributed by atoms with Crippen LogP contribution < -0.4 is 15.4 Å². The largest absolute Gasteiger partial charge is 0.326 e. The molecular formula is C18H19N3O4S. The van der Waals surface area contributed by atoms with E-state index in [1.807, 2.05) is 19.1 Å². The molecule has 8 heteroatoms. The highest BCUT2D eigenvalue weighted by molar-refractivity contribution is 7.89. The number of sulfonamides is 1. The minimum Gasteiger partial charge on any atom is -0.326 e. The quantitative estimate of drug-likeness (QED) is 0.716. The van der Waals surface area contributed by atoms with E-state index >= 15 is 0 Å². The molecule has 0 saturated carbocycles. The van der Waals surface area contributed by atoms with Crippen LogP contribution in [0.25, 0.3) is 0 Å². The lowest BCUT2D eigenvalue weighted by atomic mass is 10.1. The van der Waals surface area contributed by atoms with Crippen LogP contribution in [0.4, 0.5) is 11.4 Å². The third-order valence-electron chi connectivity index (χ3n) is 4.11. The van der Waals surface area contributed by atoms with Crippen LogP contribution in [0.1, 0.15) is 18.1 Å². The first-order valence-corrected chi connectivity index (χ1v) is 9.67. The molecule has 0 spiro atoms. The minimum absolute atomic E-state index is 0.0227. The Kier molecular flexibility index (Phi) is 5.06. The number of hydrogen-bond acceptors (Lipinski definition) is 4. The molecule has 2 aromatic rings. The predicted octanol–water partition coefficient (Wildman–Crippen LogP) is 1.66. The van der Waals surface area contributed by atoms with Gasteiger partial charge in [0.05, 0.1) is 17.9 Å². The van der Waals surface area contributed by atoms with E-state index in [-0.39, 0.29) is 23.8 Å². The molecular weight excluding hydrogens is 354 g/mol. The second kappa shape index (κ2) is 7.27. The van der Waals surface area contributed by atoms with Gasteiger partial charge in [0.15, 0.2) is 0 Å². The summed E-state index contributed by atoms with van der Waals surface area (Å²) in [5.41, 5.74) is 2.88. The van der Waals surface area contributed by atoms with Gasteiger partial charge in [-0.3, -0.25) is 9.59 Å². The van der Waals surface area contributed by atoms with Crippen LogP contribution in [-0.4, -0.2) is 26.8 Å². The fourth-order valence-electron chi connectivity index (χ4n) is 2.76. The average Bonchev–Trinajstić information content (AvgIpc) is 2.99. The Morgan fingerprint density at radius 2 is 1.96 bits per heavy atom. The third-order valence-corrected chi connectivity index (χ3v) is 5.51. The maximum atomic E-state index is 12.4. The number of hydrogen-bond donors (Lipinski definition) is 3. The van der Waals surface area contributed by atoms with Crippen molar-refractivity contribution in [2.45, 2.75) is 24.7 Å². The van der Waals surface area contributed by atoms with Gasteiger partial charge in [0.25, 0.3) is 0 Å². The zero-order chi connectivity index (χ0) is 18.7. The van der Waals surface area contributed by atoms with Gasteiger partial charge in [0.1, 0.15) is 0 Å². The molecule has 7 nitrogen and oxygen atoms in total. The van der Waals surface area contributed by atoms with Crippen molar-refractivity contribution in [3.63, 3.8) is 0 Å².